The Morgan fingerprint density at radius 1 is 0.857 bits per heavy atom. The van der Waals surface area contributed by atoms with Gasteiger partial charge in [0.05, 0.1) is 4.90 Å². The highest BCUT2D eigenvalue weighted by Crippen LogP contribution is 2.26. The maximum absolute atomic E-state index is 12.0. The third-order valence-electron chi connectivity index (χ3n) is 2.60. The highest BCUT2D eigenvalue weighted by Gasteiger charge is 2.30. The Hall–Kier alpha value is -2.06. The molecule has 2 rings (SSSR count). The van der Waals surface area contributed by atoms with E-state index >= 15 is 0 Å². The van der Waals surface area contributed by atoms with Crippen LogP contribution in [0.25, 0.3) is 11.1 Å². The molecule has 0 aromatic heterocycles. The average Bonchev–Trinajstić information content (AvgIpc) is 2.37. The molecule has 0 heterocycles. The number of benzene rings is 2. The summed E-state index contributed by atoms with van der Waals surface area (Å²) in [5.41, 5.74) is 1.26. The molecular weight excluding hydrogens is 307 g/mol. The molecule has 0 atom stereocenters. The van der Waals surface area contributed by atoms with Gasteiger partial charge in [0.1, 0.15) is 5.75 Å². The van der Waals surface area contributed by atoms with Crippen molar-refractivity contribution in [1.29, 1.82) is 0 Å². The van der Waals surface area contributed by atoms with Crippen LogP contribution in [-0.2, 0) is 10.0 Å². The van der Waals surface area contributed by atoms with Crippen molar-refractivity contribution >= 4 is 10.0 Å². The van der Waals surface area contributed by atoms with Gasteiger partial charge in [0.2, 0.25) is 10.0 Å². The van der Waals surface area contributed by atoms with Crippen LogP contribution in [0, 0.1) is 0 Å². The lowest BCUT2D eigenvalue weighted by Crippen LogP contribution is -2.16. The minimum atomic E-state index is -4.74. The molecule has 0 saturated carbocycles. The number of primary sulfonamides is 1. The van der Waals surface area contributed by atoms with Gasteiger partial charge in [-0.2, -0.15) is 0 Å². The van der Waals surface area contributed by atoms with Crippen LogP contribution in [0.3, 0.4) is 0 Å². The van der Waals surface area contributed by atoms with Crippen molar-refractivity contribution in [3.05, 3.63) is 48.5 Å². The van der Waals surface area contributed by atoms with Gasteiger partial charge in [-0.15, -0.1) is 13.2 Å². The number of alkyl halides is 3. The van der Waals surface area contributed by atoms with Gasteiger partial charge in [0, 0.05) is 0 Å². The molecule has 0 aliphatic rings. The first-order valence-electron chi connectivity index (χ1n) is 5.64. The summed E-state index contributed by atoms with van der Waals surface area (Å²) in [5.74, 6) is -0.326. The Morgan fingerprint density at radius 3 is 1.67 bits per heavy atom. The summed E-state index contributed by atoms with van der Waals surface area (Å²) in [6, 6.07) is 10.9. The minimum absolute atomic E-state index is 0.0386. The van der Waals surface area contributed by atoms with Crippen LogP contribution in [0.15, 0.2) is 53.4 Å². The first-order chi connectivity index (χ1) is 9.65. The zero-order chi connectivity index (χ0) is 15.7. The monoisotopic (exact) mass is 317 g/mol. The van der Waals surface area contributed by atoms with E-state index in [-0.39, 0.29) is 10.6 Å². The van der Waals surface area contributed by atoms with Crippen LogP contribution in [-0.4, -0.2) is 14.8 Å². The summed E-state index contributed by atoms with van der Waals surface area (Å²) in [5, 5.41) is 4.97. The number of rotatable bonds is 3. The van der Waals surface area contributed by atoms with E-state index in [2.05, 4.69) is 4.74 Å². The Bertz CT molecular complexity index is 723. The van der Waals surface area contributed by atoms with Crippen LogP contribution in [0.5, 0.6) is 5.75 Å². The van der Waals surface area contributed by atoms with Gasteiger partial charge in [-0.1, -0.05) is 24.3 Å². The topological polar surface area (TPSA) is 69.4 Å². The number of hydrogen-bond acceptors (Lipinski definition) is 3. The summed E-state index contributed by atoms with van der Waals surface area (Å²) in [7, 11) is -3.77. The summed E-state index contributed by atoms with van der Waals surface area (Å²) in [6.45, 7) is 0. The maximum Gasteiger partial charge on any atom is 0.573 e. The molecule has 0 spiro atoms. The van der Waals surface area contributed by atoms with E-state index in [0.29, 0.717) is 11.1 Å². The van der Waals surface area contributed by atoms with Gasteiger partial charge in [-0.3, -0.25) is 0 Å². The molecule has 2 aromatic carbocycles. The molecule has 2 N–H and O–H groups in total. The predicted molar refractivity (Wildman–Crippen MR) is 69.9 cm³/mol. The first kappa shape index (κ1) is 15.3. The van der Waals surface area contributed by atoms with E-state index in [1.54, 1.807) is 0 Å². The highest BCUT2D eigenvalue weighted by atomic mass is 32.2. The molecule has 0 amide bonds. The van der Waals surface area contributed by atoms with Gasteiger partial charge in [0.25, 0.3) is 0 Å². The molecule has 0 aliphatic carbocycles. The second-order valence-electron chi connectivity index (χ2n) is 4.14. The fourth-order valence-electron chi connectivity index (χ4n) is 1.69. The van der Waals surface area contributed by atoms with Gasteiger partial charge >= 0.3 is 6.36 Å². The Kier molecular flexibility index (Phi) is 3.93. The number of halogens is 3. The highest BCUT2D eigenvalue weighted by molar-refractivity contribution is 7.89. The van der Waals surface area contributed by atoms with Crippen molar-refractivity contribution in [3.8, 4) is 16.9 Å². The Morgan fingerprint density at radius 2 is 1.29 bits per heavy atom. The van der Waals surface area contributed by atoms with Crippen LogP contribution >= 0.6 is 0 Å². The second-order valence-corrected chi connectivity index (χ2v) is 5.70. The van der Waals surface area contributed by atoms with Crippen molar-refractivity contribution in [2.24, 2.45) is 5.14 Å². The molecule has 21 heavy (non-hydrogen) atoms. The van der Waals surface area contributed by atoms with Crippen molar-refractivity contribution in [3.63, 3.8) is 0 Å². The van der Waals surface area contributed by atoms with Crippen molar-refractivity contribution in [2.75, 3.05) is 0 Å². The van der Waals surface area contributed by atoms with Crippen LogP contribution in [0.2, 0.25) is 0 Å². The van der Waals surface area contributed by atoms with Crippen molar-refractivity contribution in [2.45, 2.75) is 11.3 Å². The minimum Gasteiger partial charge on any atom is -0.406 e. The van der Waals surface area contributed by atoms with Gasteiger partial charge in [-0.25, -0.2) is 13.6 Å². The van der Waals surface area contributed by atoms with Gasteiger partial charge in [0.15, 0.2) is 0 Å². The molecule has 112 valence electrons. The Labute approximate surface area is 119 Å². The predicted octanol–water partition coefficient (Wildman–Crippen LogP) is 2.90. The fraction of sp³-hybridized carbons (Fsp3) is 0.0769. The van der Waals surface area contributed by atoms with Crippen LogP contribution in [0.1, 0.15) is 0 Å². The van der Waals surface area contributed by atoms with E-state index in [4.69, 9.17) is 5.14 Å². The number of nitrogens with two attached hydrogens (primary N) is 1. The molecule has 8 heteroatoms. The van der Waals surface area contributed by atoms with Gasteiger partial charge in [-0.05, 0) is 35.4 Å². The lowest BCUT2D eigenvalue weighted by molar-refractivity contribution is -0.274. The van der Waals surface area contributed by atoms with E-state index in [0.717, 1.165) is 0 Å². The second kappa shape index (κ2) is 5.38. The smallest absolute Gasteiger partial charge is 0.406 e. The number of sulfonamides is 1. The standard InChI is InChI=1S/C13H10F3NO3S/c14-13(15,16)20-11-5-1-9(2-6-11)10-3-7-12(8-4-10)21(17,18)19/h1-8H,(H2,17,18,19). The lowest BCUT2D eigenvalue weighted by atomic mass is 10.1. The quantitative estimate of drug-likeness (QED) is 0.946. The van der Waals surface area contributed by atoms with E-state index in [1.165, 1.54) is 48.5 Å². The summed E-state index contributed by atoms with van der Waals surface area (Å²) < 4.78 is 62.1. The number of hydrogen-bond donors (Lipinski definition) is 1. The summed E-state index contributed by atoms with van der Waals surface area (Å²) in [6.07, 6.45) is -4.74. The third-order valence-corrected chi connectivity index (χ3v) is 3.53. The van der Waals surface area contributed by atoms with Gasteiger partial charge < -0.3 is 4.74 Å². The molecular formula is C13H10F3NO3S. The molecule has 0 fully saturated rings. The zero-order valence-electron chi connectivity index (χ0n) is 10.5. The van der Waals surface area contributed by atoms with Crippen molar-refractivity contribution < 1.29 is 26.3 Å². The molecule has 0 bridgehead atoms. The Balaban J connectivity index is 2.23. The van der Waals surface area contributed by atoms with E-state index in [9.17, 15) is 21.6 Å². The average molecular weight is 317 g/mol. The SMILES string of the molecule is NS(=O)(=O)c1ccc(-c2ccc(OC(F)(F)F)cc2)cc1. The molecule has 0 aliphatic heterocycles. The van der Waals surface area contributed by atoms with Crippen LogP contribution < -0.4 is 9.88 Å². The molecule has 0 radical (unpaired) electrons. The summed E-state index contributed by atoms with van der Waals surface area (Å²) >= 11 is 0. The molecule has 4 nitrogen and oxygen atoms in total. The maximum atomic E-state index is 12.0. The largest absolute Gasteiger partial charge is 0.573 e. The van der Waals surface area contributed by atoms with Crippen molar-refractivity contribution in [1.82, 2.24) is 0 Å². The van der Waals surface area contributed by atoms with E-state index in [1.807, 2.05) is 0 Å². The normalized spacial score (nSPS) is 12.2. The van der Waals surface area contributed by atoms with Crippen LogP contribution in [0.4, 0.5) is 13.2 Å². The fourth-order valence-corrected chi connectivity index (χ4v) is 2.20. The molecule has 0 unspecified atom stereocenters. The molecule has 0 saturated heterocycles. The third kappa shape index (κ3) is 4.20. The zero-order valence-corrected chi connectivity index (χ0v) is 11.3. The van der Waals surface area contributed by atoms with E-state index < -0.39 is 16.4 Å². The first-order valence-corrected chi connectivity index (χ1v) is 7.19. The number of ether oxygens (including phenoxy) is 1. The summed E-state index contributed by atoms with van der Waals surface area (Å²) in [4.78, 5) is -0.0386. The lowest BCUT2D eigenvalue weighted by Gasteiger charge is -2.09. The molecule has 2 aromatic rings.